The third kappa shape index (κ3) is 2.46. The van der Waals surface area contributed by atoms with E-state index in [2.05, 4.69) is 22.4 Å². The molecule has 1 amide bonds. The van der Waals surface area contributed by atoms with Gasteiger partial charge in [0.05, 0.1) is 0 Å². The van der Waals surface area contributed by atoms with Gasteiger partial charge in [-0.05, 0) is 18.8 Å². The molecule has 6 nitrogen and oxygen atoms in total. The minimum atomic E-state index is -1.09. The third-order valence-corrected chi connectivity index (χ3v) is 3.26. The second kappa shape index (κ2) is 4.57. The van der Waals surface area contributed by atoms with Crippen LogP contribution >= 0.6 is 0 Å². The minimum absolute atomic E-state index is 0.0139. The molecule has 1 fully saturated rings. The first-order valence-corrected chi connectivity index (χ1v) is 5.67. The van der Waals surface area contributed by atoms with Gasteiger partial charge in [-0.25, -0.2) is 4.79 Å². The first kappa shape index (κ1) is 11.6. The SMILES string of the molecule is CC1CCCC1C(=O)Nc1cc(C(=O)O)[nH]n1. The molecule has 1 heterocycles. The van der Waals surface area contributed by atoms with Crippen molar-refractivity contribution in [3.8, 4) is 0 Å². The molecule has 0 bridgehead atoms. The molecule has 6 heteroatoms. The van der Waals surface area contributed by atoms with E-state index in [0.29, 0.717) is 5.92 Å². The molecule has 1 aromatic heterocycles. The Bertz CT molecular complexity index is 441. The number of anilines is 1. The lowest BCUT2D eigenvalue weighted by Gasteiger charge is -2.13. The van der Waals surface area contributed by atoms with Crippen molar-refractivity contribution in [2.75, 3.05) is 5.32 Å². The van der Waals surface area contributed by atoms with Gasteiger partial charge in [0.2, 0.25) is 5.91 Å². The Balaban J connectivity index is 2.00. The molecule has 3 N–H and O–H groups in total. The van der Waals surface area contributed by atoms with Crippen LogP contribution in [0.1, 0.15) is 36.7 Å². The number of carbonyl (C=O) groups is 2. The zero-order chi connectivity index (χ0) is 12.4. The lowest BCUT2D eigenvalue weighted by Crippen LogP contribution is -2.24. The maximum absolute atomic E-state index is 11.9. The summed E-state index contributed by atoms with van der Waals surface area (Å²) in [7, 11) is 0. The average Bonchev–Trinajstić information content (AvgIpc) is 2.86. The molecule has 0 aromatic carbocycles. The summed E-state index contributed by atoms with van der Waals surface area (Å²) in [6.07, 6.45) is 3.03. The number of carbonyl (C=O) groups excluding carboxylic acids is 1. The Morgan fingerprint density at radius 1 is 1.53 bits per heavy atom. The van der Waals surface area contributed by atoms with Crippen LogP contribution in [0.5, 0.6) is 0 Å². The summed E-state index contributed by atoms with van der Waals surface area (Å²) in [4.78, 5) is 22.5. The quantitative estimate of drug-likeness (QED) is 0.742. The predicted molar refractivity (Wildman–Crippen MR) is 60.7 cm³/mol. The van der Waals surface area contributed by atoms with Gasteiger partial charge in [-0.15, -0.1) is 0 Å². The largest absolute Gasteiger partial charge is 0.477 e. The summed E-state index contributed by atoms with van der Waals surface area (Å²) >= 11 is 0. The number of aromatic amines is 1. The lowest BCUT2D eigenvalue weighted by molar-refractivity contribution is -0.120. The predicted octanol–water partition coefficient (Wildman–Crippen LogP) is 1.48. The maximum Gasteiger partial charge on any atom is 0.353 e. The molecule has 0 saturated heterocycles. The third-order valence-electron chi connectivity index (χ3n) is 3.26. The Morgan fingerprint density at radius 2 is 2.29 bits per heavy atom. The zero-order valence-electron chi connectivity index (χ0n) is 9.56. The van der Waals surface area contributed by atoms with E-state index in [4.69, 9.17) is 5.11 Å². The number of nitrogens with one attached hydrogen (secondary N) is 2. The fraction of sp³-hybridized carbons (Fsp3) is 0.545. The van der Waals surface area contributed by atoms with Crippen molar-refractivity contribution in [1.82, 2.24) is 10.2 Å². The van der Waals surface area contributed by atoms with Crippen molar-refractivity contribution in [2.45, 2.75) is 26.2 Å². The van der Waals surface area contributed by atoms with Crippen LogP contribution in [0.4, 0.5) is 5.82 Å². The van der Waals surface area contributed by atoms with Crippen molar-refractivity contribution in [3.63, 3.8) is 0 Å². The van der Waals surface area contributed by atoms with Crippen LogP contribution in [-0.4, -0.2) is 27.2 Å². The number of hydrogen-bond donors (Lipinski definition) is 3. The maximum atomic E-state index is 11.9. The van der Waals surface area contributed by atoms with E-state index in [9.17, 15) is 9.59 Å². The first-order valence-electron chi connectivity index (χ1n) is 5.67. The molecule has 1 aromatic rings. The van der Waals surface area contributed by atoms with Gasteiger partial charge in [0.1, 0.15) is 5.69 Å². The number of rotatable bonds is 3. The molecule has 1 aliphatic rings. The van der Waals surface area contributed by atoms with Gasteiger partial charge in [0.25, 0.3) is 0 Å². The van der Waals surface area contributed by atoms with E-state index in [1.165, 1.54) is 6.07 Å². The van der Waals surface area contributed by atoms with E-state index in [-0.39, 0.29) is 23.3 Å². The number of aromatic nitrogens is 2. The smallest absolute Gasteiger partial charge is 0.353 e. The fourth-order valence-electron chi connectivity index (χ4n) is 2.25. The van der Waals surface area contributed by atoms with Gasteiger partial charge in [-0.1, -0.05) is 13.3 Å². The van der Waals surface area contributed by atoms with Crippen LogP contribution in [0.3, 0.4) is 0 Å². The standard InChI is InChI=1S/C11H15N3O3/c1-6-3-2-4-7(6)10(15)12-9-5-8(11(16)17)13-14-9/h5-7H,2-4H2,1H3,(H,16,17)(H2,12,13,14,15). The van der Waals surface area contributed by atoms with Gasteiger partial charge < -0.3 is 10.4 Å². The number of hydrogen-bond acceptors (Lipinski definition) is 3. The van der Waals surface area contributed by atoms with E-state index >= 15 is 0 Å². The van der Waals surface area contributed by atoms with Crippen molar-refractivity contribution in [3.05, 3.63) is 11.8 Å². The van der Waals surface area contributed by atoms with E-state index in [1.807, 2.05) is 0 Å². The van der Waals surface area contributed by atoms with Gasteiger partial charge in [0, 0.05) is 12.0 Å². The summed E-state index contributed by atoms with van der Waals surface area (Å²) in [5, 5.41) is 17.4. The number of nitrogens with zero attached hydrogens (tertiary/aromatic N) is 1. The fourth-order valence-corrected chi connectivity index (χ4v) is 2.25. The number of carboxylic acids is 1. The first-order chi connectivity index (χ1) is 8.08. The average molecular weight is 237 g/mol. The van der Waals surface area contributed by atoms with Crippen LogP contribution < -0.4 is 5.32 Å². The van der Waals surface area contributed by atoms with Crippen LogP contribution in [-0.2, 0) is 4.79 Å². The molecular formula is C11H15N3O3. The number of H-pyrrole nitrogens is 1. The summed E-state index contributed by atoms with van der Waals surface area (Å²) in [5.41, 5.74) is -0.0280. The summed E-state index contributed by atoms with van der Waals surface area (Å²) in [6, 6.07) is 1.32. The van der Waals surface area contributed by atoms with Gasteiger partial charge in [-0.3, -0.25) is 9.89 Å². The highest BCUT2D eigenvalue weighted by Crippen LogP contribution is 2.31. The highest BCUT2D eigenvalue weighted by Gasteiger charge is 2.30. The van der Waals surface area contributed by atoms with Crippen LogP contribution in [0.2, 0.25) is 0 Å². The molecule has 1 aliphatic carbocycles. The number of aromatic carboxylic acids is 1. The van der Waals surface area contributed by atoms with Crippen LogP contribution in [0.25, 0.3) is 0 Å². The summed E-state index contributed by atoms with van der Waals surface area (Å²) in [5.74, 6) is -0.495. The van der Waals surface area contributed by atoms with Crippen molar-refractivity contribution >= 4 is 17.7 Å². The molecule has 2 unspecified atom stereocenters. The summed E-state index contributed by atoms with van der Waals surface area (Å²) in [6.45, 7) is 2.06. The van der Waals surface area contributed by atoms with Crippen molar-refractivity contribution in [1.29, 1.82) is 0 Å². The van der Waals surface area contributed by atoms with Crippen LogP contribution in [0.15, 0.2) is 6.07 Å². The molecule has 0 radical (unpaired) electrons. The Kier molecular flexibility index (Phi) is 3.12. The normalized spacial score (nSPS) is 23.6. The number of carboxylic acid groups (broad SMARTS) is 1. The zero-order valence-corrected chi connectivity index (χ0v) is 9.56. The molecule has 17 heavy (non-hydrogen) atoms. The molecule has 1 saturated carbocycles. The Labute approximate surface area is 98.4 Å². The highest BCUT2D eigenvalue weighted by atomic mass is 16.4. The highest BCUT2D eigenvalue weighted by molar-refractivity contribution is 5.93. The Hall–Kier alpha value is -1.85. The van der Waals surface area contributed by atoms with Crippen molar-refractivity contribution < 1.29 is 14.7 Å². The number of amides is 1. The van der Waals surface area contributed by atoms with E-state index in [1.54, 1.807) is 0 Å². The molecule has 2 rings (SSSR count). The van der Waals surface area contributed by atoms with Crippen molar-refractivity contribution in [2.24, 2.45) is 11.8 Å². The van der Waals surface area contributed by atoms with Crippen LogP contribution in [0, 0.1) is 11.8 Å². The lowest BCUT2D eigenvalue weighted by atomic mass is 9.97. The van der Waals surface area contributed by atoms with Gasteiger partial charge in [-0.2, -0.15) is 5.10 Å². The van der Waals surface area contributed by atoms with E-state index in [0.717, 1.165) is 19.3 Å². The second-order valence-electron chi connectivity index (χ2n) is 4.48. The van der Waals surface area contributed by atoms with Gasteiger partial charge >= 0.3 is 5.97 Å². The molecule has 2 atom stereocenters. The molecular weight excluding hydrogens is 222 g/mol. The summed E-state index contributed by atoms with van der Waals surface area (Å²) < 4.78 is 0. The Morgan fingerprint density at radius 3 is 2.82 bits per heavy atom. The monoisotopic (exact) mass is 237 g/mol. The van der Waals surface area contributed by atoms with E-state index < -0.39 is 5.97 Å². The molecule has 0 spiro atoms. The second-order valence-corrected chi connectivity index (χ2v) is 4.48. The topological polar surface area (TPSA) is 95.1 Å². The van der Waals surface area contributed by atoms with Gasteiger partial charge in [0.15, 0.2) is 5.82 Å². The minimum Gasteiger partial charge on any atom is -0.477 e. The molecule has 92 valence electrons. The molecule has 0 aliphatic heterocycles.